The topological polar surface area (TPSA) is 78.4 Å². The lowest BCUT2D eigenvalue weighted by atomic mass is 10.00. The summed E-state index contributed by atoms with van der Waals surface area (Å²) in [6, 6.07) is 11.6. The number of aliphatic hydroxyl groups is 1. The number of amides is 2. The van der Waals surface area contributed by atoms with E-state index in [-0.39, 0.29) is 5.69 Å². The SMILES string of the molecule is CC(C(=O)NC(CO)C(=O)Nc1cccc(C(F)(F)F)c1)c1ccccc1. The molecule has 0 heterocycles. The van der Waals surface area contributed by atoms with E-state index in [4.69, 9.17) is 0 Å². The largest absolute Gasteiger partial charge is 0.416 e. The number of benzene rings is 2. The highest BCUT2D eigenvalue weighted by atomic mass is 19.4. The fourth-order valence-corrected chi connectivity index (χ4v) is 2.39. The van der Waals surface area contributed by atoms with Crippen molar-refractivity contribution in [3.05, 3.63) is 65.7 Å². The van der Waals surface area contributed by atoms with Crippen LogP contribution in [0, 0.1) is 0 Å². The van der Waals surface area contributed by atoms with E-state index in [1.807, 2.05) is 0 Å². The maximum Gasteiger partial charge on any atom is 0.416 e. The van der Waals surface area contributed by atoms with E-state index in [2.05, 4.69) is 10.6 Å². The highest BCUT2D eigenvalue weighted by molar-refractivity contribution is 5.98. The zero-order chi connectivity index (χ0) is 20.0. The monoisotopic (exact) mass is 380 g/mol. The molecule has 2 aromatic carbocycles. The van der Waals surface area contributed by atoms with Crippen molar-refractivity contribution in [2.24, 2.45) is 0 Å². The maximum atomic E-state index is 12.7. The van der Waals surface area contributed by atoms with Crippen molar-refractivity contribution in [2.45, 2.75) is 25.1 Å². The highest BCUT2D eigenvalue weighted by Gasteiger charge is 2.31. The molecule has 2 atom stereocenters. The number of carbonyl (C=O) groups is 2. The van der Waals surface area contributed by atoms with Gasteiger partial charge in [-0.3, -0.25) is 9.59 Å². The van der Waals surface area contributed by atoms with Crippen molar-refractivity contribution >= 4 is 17.5 Å². The van der Waals surface area contributed by atoms with Crippen LogP contribution in [0.3, 0.4) is 0 Å². The first kappa shape index (κ1) is 20.4. The third-order valence-corrected chi connectivity index (χ3v) is 3.97. The molecule has 3 N–H and O–H groups in total. The van der Waals surface area contributed by atoms with E-state index in [0.29, 0.717) is 0 Å². The number of hydrogen-bond donors (Lipinski definition) is 3. The third kappa shape index (κ3) is 5.55. The van der Waals surface area contributed by atoms with Gasteiger partial charge < -0.3 is 15.7 Å². The zero-order valence-electron chi connectivity index (χ0n) is 14.5. The number of anilines is 1. The van der Waals surface area contributed by atoms with E-state index >= 15 is 0 Å². The van der Waals surface area contributed by atoms with Crippen LogP contribution in [0.5, 0.6) is 0 Å². The second kappa shape index (κ2) is 8.68. The van der Waals surface area contributed by atoms with Gasteiger partial charge in [0.2, 0.25) is 11.8 Å². The summed E-state index contributed by atoms with van der Waals surface area (Å²) in [6.45, 7) is 0.946. The van der Waals surface area contributed by atoms with Crippen molar-refractivity contribution in [1.29, 1.82) is 0 Å². The number of nitrogens with one attached hydrogen (secondary N) is 2. The summed E-state index contributed by atoms with van der Waals surface area (Å²) >= 11 is 0. The van der Waals surface area contributed by atoms with Gasteiger partial charge in [-0.05, 0) is 30.7 Å². The van der Waals surface area contributed by atoms with Crippen LogP contribution < -0.4 is 10.6 Å². The number of carbonyl (C=O) groups excluding carboxylic acids is 2. The minimum Gasteiger partial charge on any atom is -0.394 e. The number of hydrogen-bond acceptors (Lipinski definition) is 3. The molecule has 2 amide bonds. The van der Waals surface area contributed by atoms with E-state index < -0.39 is 42.1 Å². The minimum atomic E-state index is -4.55. The summed E-state index contributed by atoms with van der Waals surface area (Å²) in [5.41, 5.74) is -0.272. The van der Waals surface area contributed by atoms with Gasteiger partial charge >= 0.3 is 6.18 Å². The first-order valence-electron chi connectivity index (χ1n) is 8.16. The summed E-state index contributed by atoms with van der Waals surface area (Å²) < 4.78 is 38.2. The molecule has 2 rings (SSSR count). The summed E-state index contributed by atoms with van der Waals surface area (Å²) in [4.78, 5) is 24.5. The first-order chi connectivity index (χ1) is 12.7. The molecule has 27 heavy (non-hydrogen) atoms. The molecule has 2 unspecified atom stereocenters. The van der Waals surface area contributed by atoms with E-state index in [0.717, 1.165) is 23.8 Å². The Bertz CT molecular complexity index is 794. The van der Waals surface area contributed by atoms with Gasteiger partial charge in [-0.15, -0.1) is 0 Å². The Balaban J connectivity index is 2.04. The molecule has 8 heteroatoms. The Morgan fingerprint density at radius 2 is 1.70 bits per heavy atom. The van der Waals surface area contributed by atoms with Crippen molar-refractivity contribution in [3.63, 3.8) is 0 Å². The van der Waals surface area contributed by atoms with Crippen LogP contribution in [0.4, 0.5) is 18.9 Å². The average molecular weight is 380 g/mol. The van der Waals surface area contributed by atoms with Gasteiger partial charge in [0.1, 0.15) is 6.04 Å². The smallest absolute Gasteiger partial charge is 0.394 e. The molecule has 0 saturated heterocycles. The van der Waals surface area contributed by atoms with Crippen LogP contribution >= 0.6 is 0 Å². The van der Waals surface area contributed by atoms with Crippen molar-refractivity contribution in [2.75, 3.05) is 11.9 Å². The van der Waals surface area contributed by atoms with Crippen LogP contribution in [-0.2, 0) is 15.8 Å². The Morgan fingerprint density at radius 3 is 2.30 bits per heavy atom. The van der Waals surface area contributed by atoms with Gasteiger partial charge in [0.05, 0.1) is 18.1 Å². The van der Waals surface area contributed by atoms with Crippen LogP contribution in [0.25, 0.3) is 0 Å². The minimum absolute atomic E-state index is 0.0846. The fourth-order valence-electron chi connectivity index (χ4n) is 2.39. The predicted molar refractivity (Wildman–Crippen MR) is 93.9 cm³/mol. The summed E-state index contributed by atoms with van der Waals surface area (Å²) in [5.74, 6) is -1.87. The van der Waals surface area contributed by atoms with Gasteiger partial charge in [0.25, 0.3) is 0 Å². The van der Waals surface area contributed by atoms with Gasteiger partial charge in [0, 0.05) is 5.69 Å². The number of alkyl halides is 3. The Hall–Kier alpha value is -2.87. The van der Waals surface area contributed by atoms with Crippen molar-refractivity contribution < 1.29 is 27.9 Å². The molecule has 144 valence electrons. The maximum absolute atomic E-state index is 12.7. The summed E-state index contributed by atoms with van der Waals surface area (Å²) in [5, 5.41) is 14.1. The van der Waals surface area contributed by atoms with Gasteiger partial charge in [-0.25, -0.2) is 0 Å². The lowest BCUT2D eigenvalue weighted by molar-refractivity contribution is -0.137. The third-order valence-electron chi connectivity index (χ3n) is 3.97. The molecule has 0 bridgehead atoms. The highest BCUT2D eigenvalue weighted by Crippen LogP contribution is 2.30. The quantitative estimate of drug-likeness (QED) is 0.721. The Kier molecular flexibility index (Phi) is 6.57. The van der Waals surface area contributed by atoms with Crippen LogP contribution in [0.15, 0.2) is 54.6 Å². The lowest BCUT2D eigenvalue weighted by Gasteiger charge is -2.19. The molecule has 5 nitrogen and oxygen atoms in total. The number of halogens is 3. The standard InChI is InChI=1S/C19H19F3N2O3/c1-12(13-6-3-2-4-7-13)17(26)24-16(11-25)18(27)23-15-9-5-8-14(10-15)19(20,21)22/h2-10,12,16,25H,11H2,1H3,(H,23,27)(H,24,26). The molecule has 2 aromatic rings. The summed E-state index contributed by atoms with van der Waals surface area (Å²) in [6.07, 6.45) is -4.55. The van der Waals surface area contributed by atoms with Crippen LogP contribution in [0.1, 0.15) is 24.0 Å². The zero-order valence-corrected chi connectivity index (χ0v) is 14.5. The van der Waals surface area contributed by atoms with Gasteiger partial charge in [-0.1, -0.05) is 36.4 Å². The molecule has 0 aromatic heterocycles. The van der Waals surface area contributed by atoms with Crippen molar-refractivity contribution in [1.82, 2.24) is 5.32 Å². The van der Waals surface area contributed by atoms with E-state index in [1.165, 1.54) is 6.07 Å². The average Bonchev–Trinajstić information content (AvgIpc) is 2.65. The predicted octanol–water partition coefficient (Wildman–Crippen LogP) is 2.92. The molecule has 0 aliphatic rings. The molecule has 0 aliphatic heterocycles. The molecular weight excluding hydrogens is 361 g/mol. The lowest BCUT2D eigenvalue weighted by Crippen LogP contribution is -2.47. The van der Waals surface area contributed by atoms with E-state index in [9.17, 15) is 27.9 Å². The van der Waals surface area contributed by atoms with Crippen LogP contribution in [0.2, 0.25) is 0 Å². The summed E-state index contributed by atoms with van der Waals surface area (Å²) in [7, 11) is 0. The molecule has 0 spiro atoms. The molecule has 0 aliphatic carbocycles. The second-order valence-corrected chi connectivity index (χ2v) is 5.94. The van der Waals surface area contributed by atoms with Crippen molar-refractivity contribution in [3.8, 4) is 0 Å². The van der Waals surface area contributed by atoms with Crippen LogP contribution in [-0.4, -0.2) is 29.6 Å². The van der Waals surface area contributed by atoms with E-state index in [1.54, 1.807) is 37.3 Å². The van der Waals surface area contributed by atoms with Gasteiger partial charge in [0.15, 0.2) is 0 Å². The van der Waals surface area contributed by atoms with Gasteiger partial charge in [-0.2, -0.15) is 13.2 Å². The normalized spacial score (nSPS) is 13.5. The Labute approximate surface area is 154 Å². The molecule has 0 saturated carbocycles. The Morgan fingerprint density at radius 1 is 1.04 bits per heavy atom. The molecule has 0 fully saturated rings. The first-order valence-corrected chi connectivity index (χ1v) is 8.16. The number of aliphatic hydroxyl groups excluding tert-OH is 1. The second-order valence-electron chi connectivity index (χ2n) is 5.94. The molecule has 0 radical (unpaired) electrons. The molecular formula is C19H19F3N2O3. The fraction of sp³-hybridized carbons (Fsp3) is 0.263. The number of rotatable bonds is 6.